The molecule has 0 aliphatic heterocycles. The van der Waals surface area contributed by atoms with E-state index in [1.165, 1.54) is 5.56 Å². The van der Waals surface area contributed by atoms with Crippen LogP contribution in [0.15, 0.2) is 30.5 Å². The fourth-order valence-corrected chi connectivity index (χ4v) is 2.01. The highest BCUT2D eigenvalue weighted by Crippen LogP contribution is 2.09. The van der Waals surface area contributed by atoms with Gasteiger partial charge in [0.05, 0.1) is 6.20 Å². The van der Waals surface area contributed by atoms with Crippen molar-refractivity contribution in [1.29, 1.82) is 0 Å². The Labute approximate surface area is 118 Å². The SMILES string of the molecule is Cc1cccc(NC(=O)NCCCc2cn[nH]c2C)c1. The minimum absolute atomic E-state index is 0.167. The molecule has 0 aliphatic carbocycles. The Morgan fingerprint density at radius 2 is 2.20 bits per heavy atom. The number of urea groups is 1. The average molecular weight is 272 g/mol. The Kier molecular flexibility index (Phi) is 4.76. The number of benzene rings is 1. The lowest BCUT2D eigenvalue weighted by molar-refractivity contribution is 0.252. The Morgan fingerprint density at radius 3 is 2.90 bits per heavy atom. The fourth-order valence-electron chi connectivity index (χ4n) is 2.01. The number of H-pyrrole nitrogens is 1. The number of nitrogens with one attached hydrogen (secondary N) is 3. The smallest absolute Gasteiger partial charge is 0.319 e. The van der Waals surface area contributed by atoms with Crippen LogP contribution in [0.2, 0.25) is 0 Å². The summed E-state index contributed by atoms with van der Waals surface area (Å²) in [5.74, 6) is 0. The monoisotopic (exact) mass is 272 g/mol. The van der Waals surface area contributed by atoms with Crippen LogP contribution in [0.1, 0.15) is 23.2 Å². The number of hydrogen-bond acceptors (Lipinski definition) is 2. The zero-order chi connectivity index (χ0) is 14.4. The summed E-state index contributed by atoms with van der Waals surface area (Å²) in [5, 5.41) is 12.6. The van der Waals surface area contributed by atoms with Crippen LogP contribution in [0.3, 0.4) is 0 Å². The summed E-state index contributed by atoms with van der Waals surface area (Å²) in [6.45, 7) is 4.64. The molecule has 2 rings (SSSR count). The van der Waals surface area contributed by atoms with Gasteiger partial charge in [0.2, 0.25) is 0 Å². The van der Waals surface area contributed by atoms with Crippen LogP contribution in [0.4, 0.5) is 10.5 Å². The molecule has 0 saturated heterocycles. The molecule has 0 radical (unpaired) electrons. The first-order valence-electron chi connectivity index (χ1n) is 6.75. The minimum atomic E-state index is -0.167. The third kappa shape index (κ3) is 4.12. The predicted octanol–water partition coefficient (Wildman–Crippen LogP) is 2.78. The average Bonchev–Trinajstić information content (AvgIpc) is 2.80. The summed E-state index contributed by atoms with van der Waals surface area (Å²) in [6, 6.07) is 7.57. The van der Waals surface area contributed by atoms with E-state index in [1.807, 2.05) is 44.3 Å². The molecule has 0 fully saturated rings. The van der Waals surface area contributed by atoms with Gasteiger partial charge >= 0.3 is 6.03 Å². The first kappa shape index (κ1) is 14.1. The highest BCUT2D eigenvalue weighted by Gasteiger charge is 2.03. The van der Waals surface area contributed by atoms with Crippen LogP contribution in [0, 0.1) is 13.8 Å². The van der Waals surface area contributed by atoms with Crippen LogP contribution >= 0.6 is 0 Å². The van der Waals surface area contributed by atoms with E-state index in [1.54, 1.807) is 0 Å². The molecule has 1 aromatic heterocycles. The van der Waals surface area contributed by atoms with Gasteiger partial charge in [-0.15, -0.1) is 0 Å². The molecule has 0 saturated carbocycles. The molecule has 0 spiro atoms. The number of carbonyl (C=O) groups is 1. The number of anilines is 1. The molecule has 0 aliphatic rings. The number of hydrogen-bond donors (Lipinski definition) is 3. The first-order chi connectivity index (χ1) is 9.65. The van der Waals surface area contributed by atoms with E-state index in [0.29, 0.717) is 6.54 Å². The summed E-state index contributed by atoms with van der Waals surface area (Å²) in [6.07, 6.45) is 3.64. The molecular weight excluding hydrogens is 252 g/mol. The number of aromatic nitrogens is 2. The van der Waals surface area contributed by atoms with Crippen molar-refractivity contribution in [3.8, 4) is 0 Å². The lowest BCUT2D eigenvalue weighted by atomic mass is 10.1. The molecule has 106 valence electrons. The molecule has 2 aromatic rings. The Morgan fingerprint density at radius 1 is 1.35 bits per heavy atom. The number of rotatable bonds is 5. The van der Waals surface area contributed by atoms with Gasteiger partial charge in [-0.1, -0.05) is 12.1 Å². The van der Waals surface area contributed by atoms with Gasteiger partial charge < -0.3 is 10.6 Å². The van der Waals surface area contributed by atoms with Crippen molar-refractivity contribution >= 4 is 11.7 Å². The third-order valence-electron chi connectivity index (χ3n) is 3.12. The van der Waals surface area contributed by atoms with Crippen LogP contribution < -0.4 is 10.6 Å². The molecule has 5 nitrogen and oxygen atoms in total. The number of amides is 2. The maximum atomic E-state index is 11.7. The van der Waals surface area contributed by atoms with Gasteiger partial charge in [0.25, 0.3) is 0 Å². The quantitative estimate of drug-likeness (QED) is 0.732. The molecule has 1 aromatic carbocycles. The van der Waals surface area contributed by atoms with Gasteiger partial charge in [-0.05, 0) is 49.9 Å². The van der Waals surface area contributed by atoms with E-state index in [2.05, 4.69) is 20.8 Å². The Balaban J connectivity index is 1.69. The normalized spacial score (nSPS) is 10.3. The number of nitrogens with zero attached hydrogens (tertiary/aromatic N) is 1. The fraction of sp³-hybridized carbons (Fsp3) is 0.333. The summed E-state index contributed by atoms with van der Waals surface area (Å²) < 4.78 is 0. The summed E-state index contributed by atoms with van der Waals surface area (Å²) in [7, 11) is 0. The van der Waals surface area contributed by atoms with Crippen LogP contribution in [-0.2, 0) is 6.42 Å². The Bertz CT molecular complexity index is 577. The number of aryl methyl sites for hydroxylation is 3. The van der Waals surface area contributed by atoms with Gasteiger partial charge in [-0.25, -0.2) is 4.79 Å². The lowest BCUT2D eigenvalue weighted by Crippen LogP contribution is -2.29. The second-order valence-corrected chi connectivity index (χ2v) is 4.87. The number of carbonyl (C=O) groups excluding carboxylic acids is 1. The molecule has 0 atom stereocenters. The van der Waals surface area contributed by atoms with Crippen molar-refractivity contribution in [1.82, 2.24) is 15.5 Å². The predicted molar refractivity (Wildman–Crippen MR) is 79.8 cm³/mol. The van der Waals surface area contributed by atoms with Crippen LogP contribution in [0.5, 0.6) is 0 Å². The zero-order valence-corrected chi connectivity index (χ0v) is 11.9. The standard InChI is InChI=1S/C15H20N4O/c1-11-5-3-7-14(9-11)18-15(20)16-8-4-6-13-10-17-19-12(13)2/h3,5,7,9-10H,4,6,8H2,1-2H3,(H,17,19)(H2,16,18,20). The largest absolute Gasteiger partial charge is 0.338 e. The maximum Gasteiger partial charge on any atom is 0.319 e. The van der Waals surface area contributed by atoms with E-state index >= 15 is 0 Å². The first-order valence-corrected chi connectivity index (χ1v) is 6.75. The second kappa shape index (κ2) is 6.75. The highest BCUT2D eigenvalue weighted by atomic mass is 16.2. The van der Waals surface area contributed by atoms with E-state index in [-0.39, 0.29) is 6.03 Å². The Hall–Kier alpha value is -2.30. The minimum Gasteiger partial charge on any atom is -0.338 e. The highest BCUT2D eigenvalue weighted by molar-refractivity contribution is 5.89. The topological polar surface area (TPSA) is 69.8 Å². The van der Waals surface area contributed by atoms with Gasteiger partial charge in [0, 0.05) is 17.9 Å². The van der Waals surface area contributed by atoms with Gasteiger partial charge in [0.15, 0.2) is 0 Å². The van der Waals surface area contributed by atoms with Crippen molar-refractivity contribution in [2.24, 2.45) is 0 Å². The summed E-state index contributed by atoms with van der Waals surface area (Å²) in [5.41, 5.74) is 4.23. The van der Waals surface area contributed by atoms with E-state index in [9.17, 15) is 4.79 Å². The molecule has 2 amide bonds. The molecule has 1 heterocycles. The van der Waals surface area contributed by atoms with Gasteiger partial charge in [-0.3, -0.25) is 5.10 Å². The molecule has 5 heteroatoms. The van der Waals surface area contributed by atoms with Gasteiger partial charge in [-0.2, -0.15) is 5.10 Å². The van der Waals surface area contributed by atoms with E-state index < -0.39 is 0 Å². The summed E-state index contributed by atoms with van der Waals surface area (Å²) >= 11 is 0. The molecule has 20 heavy (non-hydrogen) atoms. The summed E-state index contributed by atoms with van der Waals surface area (Å²) in [4.78, 5) is 11.7. The van der Waals surface area contributed by atoms with Crippen LogP contribution in [-0.4, -0.2) is 22.8 Å². The molecule has 0 bridgehead atoms. The third-order valence-corrected chi connectivity index (χ3v) is 3.12. The van der Waals surface area contributed by atoms with Crippen LogP contribution in [0.25, 0.3) is 0 Å². The number of aromatic amines is 1. The van der Waals surface area contributed by atoms with Crippen molar-refractivity contribution < 1.29 is 4.79 Å². The second-order valence-electron chi connectivity index (χ2n) is 4.87. The lowest BCUT2D eigenvalue weighted by Gasteiger charge is -2.08. The van der Waals surface area contributed by atoms with E-state index in [4.69, 9.17) is 0 Å². The molecular formula is C15H20N4O. The van der Waals surface area contributed by atoms with Crippen molar-refractivity contribution in [3.63, 3.8) is 0 Å². The van der Waals surface area contributed by atoms with Crippen molar-refractivity contribution in [2.75, 3.05) is 11.9 Å². The molecule has 3 N–H and O–H groups in total. The van der Waals surface area contributed by atoms with Crippen molar-refractivity contribution in [2.45, 2.75) is 26.7 Å². The van der Waals surface area contributed by atoms with E-state index in [0.717, 1.165) is 29.8 Å². The molecule has 0 unspecified atom stereocenters. The zero-order valence-electron chi connectivity index (χ0n) is 11.9. The van der Waals surface area contributed by atoms with Gasteiger partial charge in [0.1, 0.15) is 0 Å². The van der Waals surface area contributed by atoms with Crippen molar-refractivity contribution in [3.05, 3.63) is 47.3 Å². The maximum absolute atomic E-state index is 11.7.